The van der Waals surface area contributed by atoms with E-state index in [-0.39, 0.29) is 17.5 Å². The Bertz CT molecular complexity index is 764. The molecule has 1 amide bonds. The number of carbonyl (C=O) groups is 3. The molecule has 0 radical (unpaired) electrons. The second kappa shape index (κ2) is 8.35. The van der Waals surface area contributed by atoms with Gasteiger partial charge in [-0.1, -0.05) is 18.2 Å². The van der Waals surface area contributed by atoms with Crippen LogP contribution in [0.3, 0.4) is 0 Å². The minimum absolute atomic E-state index is 0.206. The average molecular weight is 391 g/mol. The number of hydrogen-bond acceptors (Lipinski definition) is 5. The highest BCUT2D eigenvalue weighted by Gasteiger charge is 2.23. The molecule has 0 spiro atoms. The van der Waals surface area contributed by atoms with Crippen LogP contribution in [0.4, 0.5) is 0 Å². The van der Waals surface area contributed by atoms with Crippen molar-refractivity contribution in [3.05, 3.63) is 63.9 Å². The van der Waals surface area contributed by atoms with E-state index in [1.807, 2.05) is 0 Å². The molecule has 1 aromatic carbocycles. The Balaban J connectivity index is 2.21. The highest BCUT2D eigenvalue weighted by atomic mass is 79.9. The fourth-order valence-corrected chi connectivity index (χ4v) is 2.60. The number of ether oxygens (including phenoxy) is 1. The van der Waals surface area contributed by atoms with E-state index in [0.717, 1.165) is 5.56 Å². The average Bonchev–Trinajstić information content (AvgIpc) is 2.60. The predicted molar refractivity (Wildman–Crippen MR) is 90.7 cm³/mol. The number of hydrogen-bond donors (Lipinski definition) is 1. The summed E-state index contributed by atoms with van der Waals surface area (Å²) < 4.78 is 5.38. The molecule has 0 saturated carbocycles. The standard InChI is InChI=1S/C17H15BrN2O4/c1-24-17(23)14(8-11-6-7-19-15(18)9-11)20-16(22)13-5-3-2-4-12(13)10-21/h2-7,9-10,14H,8H2,1H3,(H,20,22)/t14-/m0/s1. The van der Waals surface area contributed by atoms with Crippen LogP contribution in [0.2, 0.25) is 0 Å². The fourth-order valence-electron chi connectivity index (χ4n) is 2.18. The van der Waals surface area contributed by atoms with E-state index in [1.54, 1.807) is 30.5 Å². The van der Waals surface area contributed by atoms with Crippen LogP contribution in [-0.2, 0) is 16.0 Å². The zero-order chi connectivity index (χ0) is 17.5. The Morgan fingerprint density at radius 2 is 2.08 bits per heavy atom. The Hall–Kier alpha value is -2.54. The van der Waals surface area contributed by atoms with E-state index in [2.05, 4.69) is 26.2 Å². The van der Waals surface area contributed by atoms with Gasteiger partial charge in [-0.2, -0.15) is 0 Å². The first-order valence-corrected chi connectivity index (χ1v) is 7.87. The summed E-state index contributed by atoms with van der Waals surface area (Å²) >= 11 is 3.26. The van der Waals surface area contributed by atoms with Gasteiger partial charge < -0.3 is 10.1 Å². The molecule has 0 aliphatic heterocycles. The molecule has 1 aromatic heterocycles. The van der Waals surface area contributed by atoms with Gasteiger partial charge in [0.25, 0.3) is 5.91 Å². The molecule has 124 valence electrons. The SMILES string of the molecule is COC(=O)[C@H](Cc1ccnc(Br)c1)NC(=O)c1ccccc1C=O. The van der Waals surface area contributed by atoms with E-state index < -0.39 is 17.9 Å². The number of nitrogens with zero attached hydrogens (tertiary/aromatic N) is 1. The van der Waals surface area contributed by atoms with Crippen molar-refractivity contribution in [1.29, 1.82) is 0 Å². The summed E-state index contributed by atoms with van der Waals surface area (Å²) in [4.78, 5) is 39.5. The van der Waals surface area contributed by atoms with Crippen LogP contribution in [0.5, 0.6) is 0 Å². The van der Waals surface area contributed by atoms with Crippen molar-refractivity contribution < 1.29 is 19.1 Å². The van der Waals surface area contributed by atoms with E-state index in [4.69, 9.17) is 4.74 Å². The number of carbonyl (C=O) groups excluding carboxylic acids is 3. The second-order valence-electron chi connectivity index (χ2n) is 4.95. The van der Waals surface area contributed by atoms with Gasteiger partial charge in [-0.05, 0) is 39.7 Å². The van der Waals surface area contributed by atoms with Crippen LogP contribution in [0.1, 0.15) is 26.3 Å². The number of halogens is 1. The predicted octanol–water partition coefficient (Wildman–Crippen LogP) is 2.17. The second-order valence-corrected chi connectivity index (χ2v) is 5.76. The molecule has 6 nitrogen and oxygen atoms in total. The van der Waals surface area contributed by atoms with E-state index in [1.165, 1.54) is 19.2 Å². The number of amides is 1. The number of rotatable bonds is 6. The normalized spacial score (nSPS) is 11.4. The van der Waals surface area contributed by atoms with Gasteiger partial charge in [0.15, 0.2) is 6.29 Å². The Labute approximate surface area is 147 Å². The summed E-state index contributed by atoms with van der Waals surface area (Å²) in [6.45, 7) is 0. The Morgan fingerprint density at radius 3 is 2.75 bits per heavy atom. The van der Waals surface area contributed by atoms with Gasteiger partial charge in [-0.15, -0.1) is 0 Å². The molecule has 0 unspecified atom stereocenters. The molecule has 0 bridgehead atoms. The summed E-state index contributed by atoms with van der Waals surface area (Å²) in [7, 11) is 1.25. The number of methoxy groups -OCH3 is 1. The fraction of sp³-hybridized carbons (Fsp3) is 0.176. The van der Waals surface area contributed by atoms with E-state index in [9.17, 15) is 14.4 Å². The van der Waals surface area contributed by atoms with Crippen LogP contribution in [-0.4, -0.2) is 36.3 Å². The molecule has 7 heteroatoms. The van der Waals surface area contributed by atoms with Crippen LogP contribution in [0, 0.1) is 0 Å². The van der Waals surface area contributed by atoms with Gasteiger partial charge in [0.1, 0.15) is 10.6 Å². The quantitative estimate of drug-likeness (QED) is 0.464. The molecular formula is C17H15BrN2O4. The van der Waals surface area contributed by atoms with Crippen LogP contribution < -0.4 is 5.32 Å². The number of nitrogens with one attached hydrogen (secondary N) is 1. The minimum Gasteiger partial charge on any atom is -0.467 e. The zero-order valence-corrected chi connectivity index (χ0v) is 14.4. The van der Waals surface area contributed by atoms with Gasteiger partial charge in [-0.3, -0.25) is 9.59 Å². The van der Waals surface area contributed by atoms with Gasteiger partial charge in [-0.25, -0.2) is 9.78 Å². The zero-order valence-electron chi connectivity index (χ0n) is 12.9. The third kappa shape index (κ3) is 4.48. The number of aldehydes is 1. The molecule has 0 aliphatic carbocycles. The highest BCUT2D eigenvalue weighted by Crippen LogP contribution is 2.12. The van der Waals surface area contributed by atoms with Crippen molar-refractivity contribution in [1.82, 2.24) is 10.3 Å². The lowest BCUT2D eigenvalue weighted by Gasteiger charge is -2.17. The maximum Gasteiger partial charge on any atom is 0.328 e. The van der Waals surface area contributed by atoms with Crippen molar-refractivity contribution in [2.75, 3.05) is 7.11 Å². The largest absolute Gasteiger partial charge is 0.467 e. The lowest BCUT2D eigenvalue weighted by Crippen LogP contribution is -2.43. The maximum atomic E-state index is 12.4. The van der Waals surface area contributed by atoms with E-state index >= 15 is 0 Å². The van der Waals surface area contributed by atoms with E-state index in [0.29, 0.717) is 10.9 Å². The summed E-state index contributed by atoms with van der Waals surface area (Å²) in [5, 5.41) is 2.62. The third-order valence-corrected chi connectivity index (χ3v) is 3.79. The molecule has 1 atom stereocenters. The van der Waals surface area contributed by atoms with Crippen LogP contribution in [0.25, 0.3) is 0 Å². The number of aromatic nitrogens is 1. The minimum atomic E-state index is -0.878. The number of esters is 1. The molecule has 0 aliphatic rings. The van der Waals surface area contributed by atoms with Crippen LogP contribution in [0.15, 0.2) is 47.2 Å². The molecule has 2 aromatic rings. The summed E-state index contributed by atoms with van der Waals surface area (Å²) in [5.74, 6) is -1.08. The summed E-state index contributed by atoms with van der Waals surface area (Å²) in [5.41, 5.74) is 1.26. The maximum absolute atomic E-state index is 12.4. The third-order valence-electron chi connectivity index (χ3n) is 3.35. The van der Waals surface area contributed by atoms with Gasteiger partial charge in [0, 0.05) is 23.7 Å². The smallest absolute Gasteiger partial charge is 0.328 e. The molecule has 2 rings (SSSR count). The van der Waals surface area contributed by atoms with Gasteiger partial charge in [0.2, 0.25) is 0 Å². The first kappa shape index (κ1) is 17.8. The molecule has 1 heterocycles. The topological polar surface area (TPSA) is 85.4 Å². The highest BCUT2D eigenvalue weighted by molar-refractivity contribution is 9.10. The molecule has 0 fully saturated rings. The van der Waals surface area contributed by atoms with Gasteiger partial charge >= 0.3 is 5.97 Å². The molecule has 0 saturated heterocycles. The molecule has 24 heavy (non-hydrogen) atoms. The van der Waals surface area contributed by atoms with Gasteiger partial charge in [0.05, 0.1) is 7.11 Å². The Kier molecular flexibility index (Phi) is 6.20. The van der Waals surface area contributed by atoms with Crippen molar-refractivity contribution in [2.45, 2.75) is 12.5 Å². The number of pyridine rings is 1. The first-order valence-electron chi connectivity index (χ1n) is 7.08. The molecular weight excluding hydrogens is 376 g/mol. The lowest BCUT2D eigenvalue weighted by atomic mass is 10.0. The monoisotopic (exact) mass is 390 g/mol. The Morgan fingerprint density at radius 1 is 1.33 bits per heavy atom. The lowest BCUT2D eigenvalue weighted by molar-refractivity contribution is -0.142. The number of benzene rings is 1. The summed E-state index contributed by atoms with van der Waals surface area (Å²) in [6, 6.07) is 8.98. The van der Waals surface area contributed by atoms with Crippen molar-refractivity contribution >= 4 is 34.1 Å². The summed E-state index contributed by atoms with van der Waals surface area (Å²) in [6.07, 6.45) is 2.43. The van der Waals surface area contributed by atoms with Crippen molar-refractivity contribution in [2.24, 2.45) is 0 Å². The van der Waals surface area contributed by atoms with Crippen LogP contribution >= 0.6 is 15.9 Å². The molecule has 1 N–H and O–H groups in total. The van der Waals surface area contributed by atoms with Crippen molar-refractivity contribution in [3.8, 4) is 0 Å². The van der Waals surface area contributed by atoms with Crippen molar-refractivity contribution in [3.63, 3.8) is 0 Å². The first-order chi connectivity index (χ1) is 11.5.